The third-order valence-corrected chi connectivity index (χ3v) is 3.90. The Morgan fingerprint density at radius 2 is 1.80 bits per heavy atom. The number of hydrogen-bond donors (Lipinski definition) is 1. The molecule has 0 aliphatic carbocycles. The van der Waals surface area contributed by atoms with E-state index in [9.17, 15) is 4.39 Å². The molecule has 20 heavy (non-hydrogen) atoms. The summed E-state index contributed by atoms with van der Waals surface area (Å²) in [5.41, 5.74) is 1.45. The van der Waals surface area contributed by atoms with Crippen molar-refractivity contribution >= 4 is 40.5 Å². The molecule has 1 unspecified atom stereocenters. The predicted molar refractivity (Wildman–Crippen MR) is 84.5 cm³/mol. The first-order valence-corrected chi connectivity index (χ1v) is 7.31. The molecule has 0 fully saturated rings. The fraction of sp³-hybridized carbons (Fsp3) is 0.200. The van der Waals surface area contributed by atoms with Gasteiger partial charge in [-0.25, -0.2) is 4.39 Å². The van der Waals surface area contributed by atoms with Crippen LogP contribution < -0.4 is 5.32 Å². The van der Waals surface area contributed by atoms with E-state index in [1.54, 1.807) is 12.1 Å². The number of anilines is 1. The molecule has 0 aliphatic heterocycles. The molecular formula is C15H13Cl3FN. The van der Waals surface area contributed by atoms with Crippen LogP contribution in [0.5, 0.6) is 0 Å². The van der Waals surface area contributed by atoms with E-state index in [1.165, 1.54) is 18.2 Å². The lowest BCUT2D eigenvalue weighted by molar-refractivity contribution is 0.627. The number of halogens is 4. The second kappa shape index (κ2) is 6.66. The lowest BCUT2D eigenvalue weighted by atomic mass is 10.0. The van der Waals surface area contributed by atoms with Crippen LogP contribution in [0.25, 0.3) is 0 Å². The Bertz CT molecular complexity index is 616. The van der Waals surface area contributed by atoms with Gasteiger partial charge >= 0.3 is 0 Å². The van der Waals surface area contributed by atoms with Gasteiger partial charge in [-0.05, 0) is 42.3 Å². The zero-order valence-electron chi connectivity index (χ0n) is 10.8. The van der Waals surface area contributed by atoms with Gasteiger partial charge in [0.1, 0.15) is 5.82 Å². The van der Waals surface area contributed by atoms with Crippen molar-refractivity contribution in [3.8, 4) is 0 Å². The van der Waals surface area contributed by atoms with E-state index in [0.717, 1.165) is 12.0 Å². The molecule has 106 valence electrons. The summed E-state index contributed by atoms with van der Waals surface area (Å²) < 4.78 is 13.3. The van der Waals surface area contributed by atoms with Crippen LogP contribution in [0.1, 0.15) is 24.9 Å². The second-order valence-corrected chi connectivity index (χ2v) is 5.65. The van der Waals surface area contributed by atoms with Gasteiger partial charge in [0.05, 0.1) is 16.8 Å². The van der Waals surface area contributed by atoms with Gasteiger partial charge < -0.3 is 5.32 Å². The van der Waals surface area contributed by atoms with Crippen molar-refractivity contribution in [3.05, 3.63) is 62.8 Å². The van der Waals surface area contributed by atoms with Gasteiger partial charge in [0.15, 0.2) is 0 Å². The maximum Gasteiger partial charge on any atom is 0.125 e. The second-order valence-electron chi connectivity index (χ2n) is 4.40. The van der Waals surface area contributed by atoms with Gasteiger partial charge in [0.2, 0.25) is 0 Å². The Labute approximate surface area is 132 Å². The van der Waals surface area contributed by atoms with E-state index in [0.29, 0.717) is 20.8 Å². The van der Waals surface area contributed by atoms with E-state index in [-0.39, 0.29) is 11.9 Å². The summed E-state index contributed by atoms with van der Waals surface area (Å²) in [7, 11) is 0. The molecule has 2 aromatic carbocycles. The summed E-state index contributed by atoms with van der Waals surface area (Å²) in [4.78, 5) is 0. The number of hydrogen-bond acceptors (Lipinski definition) is 1. The molecule has 0 radical (unpaired) electrons. The zero-order chi connectivity index (χ0) is 14.7. The molecule has 0 heterocycles. The van der Waals surface area contributed by atoms with Gasteiger partial charge in [-0.1, -0.05) is 47.8 Å². The van der Waals surface area contributed by atoms with Crippen molar-refractivity contribution in [2.24, 2.45) is 0 Å². The van der Waals surface area contributed by atoms with Crippen LogP contribution in [0.3, 0.4) is 0 Å². The van der Waals surface area contributed by atoms with Gasteiger partial charge in [0.25, 0.3) is 0 Å². The fourth-order valence-electron chi connectivity index (χ4n) is 1.98. The maximum atomic E-state index is 13.3. The normalized spacial score (nSPS) is 12.2. The molecule has 1 atom stereocenters. The van der Waals surface area contributed by atoms with E-state index < -0.39 is 0 Å². The highest BCUT2D eigenvalue weighted by atomic mass is 35.5. The first kappa shape index (κ1) is 15.4. The van der Waals surface area contributed by atoms with Gasteiger partial charge in [-0.15, -0.1) is 0 Å². The van der Waals surface area contributed by atoms with E-state index in [4.69, 9.17) is 34.8 Å². The molecule has 1 N–H and O–H groups in total. The summed E-state index contributed by atoms with van der Waals surface area (Å²) in [6.45, 7) is 2.01. The summed E-state index contributed by atoms with van der Waals surface area (Å²) in [6, 6.07) is 9.47. The average Bonchev–Trinajstić information content (AvgIpc) is 2.40. The Hall–Kier alpha value is -0.960. The third-order valence-electron chi connectivity index (χ3n) is 3.00. The summed E-state index contributed by atoms with van der Waals surface area (Å²) in [5, 5.41) is 4.84. The summed E-state index contributed by atoms with van der Waals surface area (Å²) >= 11 is 18.2. The number of nitrogens with one attached hydrogen (secondary N) is 1. The van der Waals surface area contributed by atoms with Crippen molar-refractivity contribution in [1.29, 1.82) is 0 Å². The van der Waals surface area contributed by atoms with Crippen LogP contribution >= 0.6 is 34.8 Å². The molecule has 0 spiro atoms. The first-order valence-electron chi connectivity index (χ1n) is 6.17. The van der Waals surface area contributed by atoms with Gasteiger partial charge in [-0.3, -0.25) is 0 Å². The molecule has 0 saturated heterocycles. The monoisotopic (exact) mass is 331 g/mol. The third kappa shape index (κ3) is 3.57. The van der Waals surface area contributed by atoms with Crippen molar-refractivity contribution < 1.29 is 4.39 Å². The molecule has 0 amide bonds. The molecule has 2 rings (SSSR count). The van der Waals surface area contributed by atoms with Crippen molar-refractivity contribution in [3.63, 3.8) is 0 Å². The highest BCUT2D eigenvalue weighted by Gasteiger charge is 2.15. The molecule has 1 nitrogen and oxygen atoms in total. The Balaban J connectivity index is 2.31. The van der Waals surface area contributed by atoms with Crippen molar-refractivity contribution in [2.75, 3.05) is 5.32 Å². The largest absolute Gasteiger partial charge is 0.377 e. The highest BCUT2D eigenvalue weighted by molar-refractivity contribution is 6.35. The van der Waals surface area contributed by atoms with Crippen LogP contribution in [0, 0.1) is 5.82 Å². The van der Waals surface area contributed by atoms with E-state index in [1.807, 2.05) is 13.0 Å². The summed E-state index contributed by atoms with van der Waals surface area (Å²) in [5.74, 6) is -0.339. The first-order chi connectivity index (χ1) is 9.51. The number of benzene rings is 2. The van der Waals surface area contributed by atoms with Crippen molar-refractivity contribution in [1.82, 2.24) is 0 Å². The minimum atomic E-state index is -0.339. The van der Waals surface area contributed by atoms with Crippen LogP contribution in [-0.4, -0.2) is 0 Å². The van der Waals surface area contributed by atoms with Crippen LogP contribution in [0.2, 0.25) is 15.1 Å². The van der Waals surface area contributed by atoms with E-state index in [2.05, 4.69) is 5.32 Å². The summed E-state index contributed by atoms with van der Waals surface area (Å²) in [6.07, 6.45) is 0.772. The molecular weight excluding hydrogens is 320 g/mol. The maximum absolute atomic E-state index is 13.3. The lowest BCUT2D eigenvalue weighted by Gasteiger charge is -2.21. The van der Waals surface area contributed by atoms with Crippen LogP contribution in [0.4, 0.5) is 10.1 Å². The molecule has 0 bridgehead atoms. The minimum absolute atomic E-state index is 0.0703. The fourth-order valence-corrected chi connectivity index (χ4v) is 2.69. The lowest BCUT2D eigenvalue weighted by Crippen LogP contribution is -2.10. The Morgan fingerprint density at radius 3 is 2.45 bits per heavy atom. The highest BCUT2D eigenvalue weighted by Crippen LogP contribution is 2.33. The predicted octanol–water partition coefficient (Wildman–Crippen LogP) is 6.35. The van der Waals surface area contributed by atoms with Crippen LogP contribution in [0.15, 0.2) is 36.4 Å². The number of rotatable bonds is 4. The Morgan fingerprint density at radius 1 is 1.05 bits per heavy atom. The minimum Gasteiger partial charge on any atom is -0.377 e. The molecule has 5 heteroatoms. The smallest absolute Gasteiger partial charge is 0.125 e. The van der Waals surface area contributed by atoms with E-state index >= 15 is 0 Å². The SMILES string of the molecule is CCC(Nc1cc(F)ccc1Cl)c1ccc(Cl)cc1Cl. The Kier molecular flexibility index (Phi) is 5.14. The molecule has 0 aliphatic rings. The molecule has 0 aromatic heterocycles. The molecule has 2 aromatic rings. The standard InChI is InChI=1S/C15H13Cl3FN/c1-2-14(11-5-3-9(16)7-13(11)18)20-15-8-10(19)4-6-12(15)17/h3-8,14,20H,2H2,1H3. The van der Waals surface area contributed by atoms with Gasteiger partial charge in [-0.2, -0.15) is 0 Å². The molecule has 0 saturated carbocycles. The topological polar surface area (TPSA) is 12.0 Å². The average molecular weight is 333 g/mol. The van der Waals surface area contributed by atoms with Crippen LogP contribution in [-0.2, 0) is 0 Å². The zero-order valence-corrected chi connectivity index (χ0v) is 13.0. The van der Waals surface area contributed by atoms with Gasteiger partial charge in [0, 0.05) is 10.0 Å². The van der Waals surface area contributed by atoms with Crippen molar-refractivity contribution in [2.45, 2.75) is 19.4 Å². The quantitative estimate of drug-likeness (QED) is 0.688.